The Morgan fingerprint density at radius 2 is 2.10 bits per heavy atom. The lowest BCUT2D eigenvalue weighted by Crippen LogP contribution is -2.40. The number of aromatic nitrogens is 3. The van der Waals surface area contributed by atoms with E-state index in [4.69, 9.17) is 0 Å². The molecule has 10 nitrogen and oxygen atoms in total. The average Bonchev–Trinajstić information content (AvgIpc) is 3.55. The Morgan fingerprint density at radius 1 is 1.27 bits per heavy atom. The highest BCUT2D eigenvalue weighted by atomic mass is 16.3. The van der Waals surface area contributed by atoms with Crippen molar-refractivity contribution in [2.24, 2.45) is 11.8 Å². The Kier molecular flexibility index (Phi) is 8.39. The number of fused-ring (bicyclic) bond motifs is 1. The number of rotatable bonds is 10. The van der Waals surface area contributed by atoms with Crippen LogP contribution in [0.3, 0.4) is 0 Å². The molecule has 3 heterocycles. The maximum atomic E-state index is 12.9. The molecule has 2 aliphatic rings. The number of hydrogen-bond donors (Lipinski definition) is 5. The highest BCUT2D eigenvalue weighted by Crippen LogP contribution is 2.43. The van der Waals surface area contributed by atoms with Crippen LogP contribution in [-0.4, -0.2) is 56.7 Å². The summed E-state index contributed by atoms with van der Waals surface area (Å²) in [4.78, 5) is 25.6. The summed E-state index contributed by atoms with van der Waals surface area (Å²) in [5.41, 5.74) is 1.45. The predicted molar refractivity (Wildman–Crippen MR) is 152 cm³/mol. The molecule has 2 aliphatic heterocycles. The van der Waals surface area contributed by atoms with E-state index in [0.29, 0.717) is 42.1 Å². The summed E-state index contributed by atoms with van der Waals surface area (Å²) < 4.78 is 1.72. The van der Waals surface area contributed by atoms with E-state index in [-0.39, 0.29) is 24.3 Å². The summed E-state index contributed by atoms with van der Waals surface area (Å²) in [7, 11) is 0. The molecule has 5 rings (SSSR count). The van der Waals surface area contributed by atoms with Crippen molar-refractivity contribution in [3.05, 3.63) is 83.7 Å². The van der Waals surface area contributed by atoms with Gasteiger partial charge in [-0.05, 0) is 49.6 Å². The normalized spacial score (nSPS) is 22.1. The first-order chi connectivity index (χ1) is 19.4. The van der Waals surface area contributed by atoms with Gasteiger partial charge in [-0.1, -0.05) is 54.6 Å². The predicted octanol–water partition coefficient (Wildman–Crippen LogP) is 2.76. The van der Waals surface area contributed by atoms with Gasteiger partial charge in [0.15, 0.2) is 5.60 Å². The van der Waals surface area contributed by atoms with Crippen LogP contribution in [0.1, 0.15) is 48.9 Å². The molecule has 4 atom stereocenters. The number of aryl methyl sites for hydroxylation is 1. The summed E-state index contributed by atoms with van der Waals surface area (Å²) in [5, 5.41) is 38.9. The number of nitrogens with zero attached hydrogens (tertiary/aromatic N) is 3. The van der Waals surface area contributed by atoms with Gasteiger partial charge in [0.1, 0.15) is 0 Å². The molecule has 0 saturated carbocycles. The van der Waals surface area contributed by atoms with Crippen molar-refractivity contribution in [3.63, 3.8) is 0 Å². The van der Waals surface area contributed by atoms with E-state index in [1.807, 2.05) is 48.7 Å². The Balaban J connectivity index is 1.22. The summed E-state index contributed by atoms with van der Waals surface area (Å²) in [5.74, 6) is -1.42. The molecule has 210 valence electrons. The number of hydrogen-bond acceptors (Lipinski definition) is 7. The van der Waals surface area contributed by atoms with E-state index in [9.17, 15) is 19.8 Å². The number of aliphatic hydroxyl groups excluding tert-OH is 1. The van der Waals surface area contributed by atoms with Crippen LogP contribution in [0.5, 0.6) is 0 Å². The molecule has 2 aromatic carbocycles. The summed E-state index contributed by atoms with van der Waals surface area (Å²) >= 11 is 0. The molecule has 0 aliphatic carbocycles. The molecule has 2 unspecified atom stereocenters. The van der Waals surface area contributed by atoms with Crippen LogP contribution in [0.25, 0.3) is 0 Å². The third-order valence-corrected chi connectivity index (χ3v) is 7.87. The molecular weight excluding hydrogens is 508 g/mol. The van der Waals surface area contributed by atoms with Crippen LogP contribution in [0.2, 0.25) is 0 Å². The standard InChI is InChI=1S/C30H36N6O4/c1-20(8-5-6-15-36-18-27(34-35-36)24(19-37)21-9-3-2-4-10-21)30(40)25-16-23(12-13-26(25)33-29(30)39)32-28(38)22-11-7-14-31-17-22/h2-5,8-10,12-13,16,18,20,22,24,31,37,40H,6-7,11,14-15,17,19H2,1H3,(H,32,38)(H,33,39)/b8-5+/t20-,22?,24?,30+/m0/s1. The average molecular weight is 545 g/mol. The second-order valence-electron chi connectivity index (χ2n) is 10.6. The van der Waals surface area contributed by atoms with Crippen molar-refractivity contribution < 1.29 is 19.8 Å². The number of nitrogens with one attached hydrogen (secondary N) is 3. The molecule has 0 bridgehead atoms. The molecule has 3 aromatic rings. The third kappa shape index (κ3) is 5.70. The molecule has 40 heavy (non-hydrogen) atoms. The molecule has 10 heteroatoms. The van der Waals surface area contributed by atoms with Gasteiger partial charge in [-0.15, -0.1) is 5.10 Å². The third-order valence-electron chi connectivity index (χ3n) is 7.87. The first-order valence-electron chi connectivity index (χ1n) is 13.8. The number of allylic oxidation sites excluding steroid dienone is 1. The molecular formula is C30H36N6O4. The second-order valence-corrected chi connectivity index (χ2v) is 10.6. The fraction of sp³-hybridized carbons (Fsp3) is 0.400. The van der Waals surface area contributed by atoms with Gasteiger partial charge >= 0.3 is 0 Å². The molecule has 0 radical (unpaired) electrons. The Hall–Kier alpha value is -3.86. The Morgan fingerprint density at radius 3 is 2.85 bits per heavy atom. The smallest absolute Gasteiger partial charge is 0.261 e. The van der Waals surface area contributed by atoms with Crippen molar-refractivity contribution in [2.75, 3.05) is 30.3 Å². The number of anilines is 2. The van der Waals surface area contributed by atoms with Crippen LogP contribution in [0.4, 0.5) is 11.4 Å². The quantitative estimate of drug-likeness (QED) is 0.247. The van der Waals surface area contributed by atoms with E-state index >= 15 is 0 Å². The lowest BCUT2D eigenvalue weighted by Gasteiger charge is -2.26. The van der Waals surface area contributed by atoms with Crippen LogP contribution >= 0.6 is 0 Å². The van der Waals surface area contributed by atoms with Gasteiger partial charge in [0.25, 0.3) is 5.91 Å². The van der Waals surface area contributed by atoms with Gasteiger partial charge < -0.3 is 26.2 Å². The zero-order chi connectivity index (χ0) is 28.1. The van der Waals surface area contributed by atoms with E-state index in [2.05, 4.69) is 26.3 Å². The minimum atomic E-state index is -1.76. The van der Waals surface area contributed by atoms with Crippen LogP contribution < -0.4 is 16.0 Å². The van der Waals surface area contributed by atoms with Gasteiger partial charge in [-0.25, -0.2) is 0 Å². The maximum Gasteiger partial charge on any atom is 0.261 e. The number of carbonyl (C=O) groups excluding carboxylic acids is 2. The summed E-state index contributed by atoms with van der Waals surface area (Å²) in [6.45, 7) is 3.85. The van der Waals surface area contributed by atoms with Crippen molar-refractivity contribution in [1.29, 1.82) is 0 Å². The van der Waals surface area contributed by atoms with Crippen LogP contribution in [0, 0.1) is 11.8 Å². The molecule has 0 spiro atoms. The minimum absolute atomic E-state index is 0.0636. The fourth-order valence-corrected chi connectivity index (χ4v) is 5.44. The first-order valence-corrected chi connectivity index (χ1v) is 13.8. The monoisotopic (exact) mass is 544 g/mol. The van der Waals surface area contributed by atoms with E-state index in [1.165, 1.54) is 0 Å². The molecule has 2 amide bonds. The van der Waals surface area contributed by atoms with Crippen molar-refractivity contribution in [2.45, 2.75) is 44.2 Å². The number of piperidine rings is 1. The first kappa shape index (κ1) is 27.7. The maximum absolute atomic E-state index is 12.9. The topological polar surface area (TPSA) is 141 Å². The van der Waals surface area contributed by atoms with Crippen LogP contribution in [0.15, 0.2) is 66.9 Å². The summed E-state index contributed by atoms with van der Waals surface area (Å²) in [6, 6.07) is 14.8. The fourth-order valence-electron chi connectivity index (χ4n) is 5.44. The number of amides is 2. The summed E-state index contributed by atoms with van der Waals surface area (Å²) in [6.07, 6.45) is 7.97. The van der Waals surface area contributed by atoms with E-state index in [0.717, 1.165) is 24.9 Å². The SMILES string of the molecule is C[C@@H](/C=C/CCn1cc(C(CO)c2ccccc2)nn1)[C@]1(O)C(=O)Nc2ccc(NC(=O)C3CCCNC3)cc21. The second kappa shape index (κ2) is 12.1. The highest BCUT2D eigenvalue weighted by molar-refractivity contribution is 6.06. The molecule has 5 N–H and O–H groups in total. The Labute approximate surface area is 233 Å². The zero-order valence-electron chi connectivity index (χ0n) is 22.6. The van der Waals surface area contributed by atoms with Gasteiger partial charge in [-0.2, -0.15) is 0 Å². The van der Waals surface area contributed by atoms with Gasteiger partial charge in [0.2, 0.25) is 5.91 Å². The lowest BCUT2D eigenvalue weighted by atomic mass is 9.82. The largest absolute Gasteiger partial charge is 0.395 e. The van der Waals surface area contributed by atoms with Crippen molar-refractivity contribution in [1.82, 2.24) is 20.3 Å². The van der Waals surface area contributed by atoms with Crippen molar-refractivity contribution in [3.8, 4) is 0 Å². The van der Waals surface area contributed by atoms with Gasteiger partial charge in [0, 0.05) is 42.1 Å². The van der Waals surface area contributed by atoms with E-state index < -0.39 is 17.4 Å². The number of carbonyl (C=O) groups is 2. The lowest BCUT2D eigenvalue weighted by molar-refractivity contribution is -0.137. The number of aliphatic hydroxyl groups is 2. The van der Waals surface area contributed by atoms with Crippen LogP contribution in [-0.2, 0) is 21.7 Å². The minimum Gasteiger partial charge on any atom is -0.395 e. The van der Waals surface area contributed by atoms with Crippen molar-refractivity contribution >= 4 is 23.2 Å². The molecule has 1 saturated heterocycles. The van der Waals surface area contributed by atoms with E-state index in [1.54, 1.807) is 29.8 Å². The number of benzene rings is 2. The van der Waals surface area contributed by atoms with Gasteiger partial charge in [0.05, 0.1) is 24.1 Å². The molecule has 1 fully saturated rings. The Bertz CT molecular complexity index is 1370. The molecule has 1 aromatic heterocycles. The van der Waals surface area contributed by atoms with Gasteiger partial charge in [-0.3, -0.25) is 14.3 Å². The highest BCUT2D eigenvalue weighted by Gasteiger charge is 2.48. The zero-order valence-corrected chi connectivity index (χ0v) is 22.6.